The zero-order valence-electron chi connectivity index (χ0n) is 14.1. The molecule has 1 aliphatic rings. The van der Waals surface area contributed by atoms with Gasteiger partial charge in [-0.25, -0.2) is 18.4 Å². The fourth-order valence-corrected chi connectivity index (χ4v) is 6.13. The average Bonchev–Trinajstić information content (AvgIpc) is 3.23. The number of carbonyl (C=O) groups excluding carboxylic acids is 1. The van der Waals surface area contributed by atoms with Crippen LogP contribution < -0.4 is 0 Å². The van der Waals surface area contributed by atoms with Crippen LogP contribution in [0.3, 0.4) is 0 Å². The number of thiophene rings is 1. The lowest BCUT2D eigenvalue weighted by atomic mass is 10.2. The Morgan fingerprint density at radius 3 is 2.92 bits per heavy atom. The summed E-state index contributed by atoms with van der Waals surface area (Å²) in [5.41, 5.74) is 0.275. The fraction of sp³-hybridized carbons (Fsp3) is 0.438. The van der Waals surface area contributed by atoms with E-state index < -0.39 is 9.84 Å². The van der Waals surface area contributed by atoms with Crippen molar-refractivity contribution in [2.24, 2.45) is 0 Å². The van der Waals surface area contributed by atoms with E-state index in [-0.39, 0.29) is 29.1 Å². The molecule has 1 fully saturated rings. The van der Waals surface area contributed by atoms with Crippen LogP contribution in [-0.2, 0) is 16.4 Å². The minimum atomic E-state index is -3.10. The van der Waals surface area contributed by atoms with Crippen molar-refractivity contribution in [3.05, 3.63) is 38.8 Å². The third-order valence-corrected chi connectivity index (χ3v) is 7.95. The van der Waals surface area contributed by atoms with E-state index in [1.165, 1.54) is 11.8 Å². The molecule has 0 bridgehead atoms. The van der Waals surface area contributed by atoms with Crippen LogP contribution in [0.2, 0.25) is 0 Å². The molecule has 1 amide bonds. The molecular formula is C16H18BrN3O3S3. The third-order valence-electron chi connectivity index (χ3n) is 4.01. The molecule has 10 heteroatoms. The number of aromatic nitrogens is 2. The van der Waals surface area contributed by atoms with Crippen LogP contribution in [0.1, 0.15) is 28.7 Å². The summed E-state index contributed by atoms with van der Waals surface area (Å²) in [6, 6.07) is 3.53. The minimum absolute atomic E-state index is 0.00336. The quantitative estimate of drug-likeness (QED) is 0.471. The summed E-state index contributed by atoms with van der Waals surface area (Å²) in [6.07, 6.45) is 2.03. The molecule has 0 saturated carbocycles. The van der Waals surface area contributed by atoms with E-state index in [0.717, 1.165) is 10.6 Å². The number of thioether (sulfide) groups is 1. The number of nitrogens with zero attached hydrogens (tertiary/aromatic N) is 3. The Hall–Kier alpha value is -0.970. The molecule has 2 aromatic rings. The normalized spacial score (nSPS) is 18.8. The lowest BCUT2D eigenvalue weighted by molar-refractivity contribution is 0.0674. The van der Waals surface area contributed by atoms with Gasteiger partial charge in [-0.05, 0) is 39.6 Å². The summed E-state index contributed by atoms with van der Waals surface area (Å²) in [7, 11) is -3.10. The Kier molecular flexibility index (Phi) is 6.37. The minimum Gasteiger partial charge on any atom is -0.328 e. The molecule has 3 rings (SSSR count). The largest absolute Gasteiger partial charge is 0.328 e. The maximum Gasteiger partial charge on any atom is 0.274 e. The molecule has 0 unspecified atom stereocenters. The topological polar surface area (TPSA) is 80.2 Å². The lowest BCUT2D eigenvalue weighted by Gasteiger charge is -2.28. The Morgan fingerprint density at radius 2 is 2.31 bits per heavy atom. The maximum absolute atomic E-state index is 13.3. The van der Waals surface area contributed by atoms with Crippen LogP contribution in [0.15, 0.2) is 33.3 Å². The third kappa shape index (κ3) is 4.65. The predicted octanol–water partition coefficient (Wildman–Crippen LogP) is 3.24. The van der Waals surface area contributed by atoms with E-state index in [2.05, 4.69) is 25.9 Å². The molecular weight excluding hydrogens is 458 g/mol. The zero-order chi connectivity index (χ0) is 18.7. The van der Waals surface area contributed by atoms with Gasteiger partial charge in [0.2, 0.25) is 0 Å². The molecule has 0 aliphatic carbocycles. The summed E-state index contributed by atoms with van der Waals surface area (Å²) < 4.78 is 24.4. The van der Waals surface area contributed by atoms with E-state index in [4.69, 9.17) is 0 Å². The summed E-state index contributed by atoms with van der Waals surface area (Å²) in [5.74, 6) is 0.652. The summed E-state index contributed by atoms with van der Waals surface area (Å²) >= 11 is 6.37. The van der Waals surface area contributed by atoms with Crippen molar-refractivity contribution < 1.29 is 13.2 Å². The van der Waals surface area contributed by atoms with Crippen molar-refractivity contribution in [3.8, 4) is 0 Å². The standard InChI is InChI=1S/C16H18BrN3O3S3/c1-2-24-16-18-8-13(17)14(19-16)15(21)20(9-12-4-3-6-25-12)11-5-7-26(22,23)10-11/h3-4,6,8,11H,2,5,7,9-10H2,1H3/t11-/m0/s1. The van der Waals surface area contributed by atoms with Crippen molar-refractivity contribution in [1.29, 1.82) is 0 Å². The van der Waals surface area contributed by atoms with Crippen LogP contribution in [-0.4, -0.2) is 52.5 Å². The van der Waals surface area contributed by atoms with Crippen LogP contribution in [0.4, 0.5) is 0 Å². The number of carbonyl (C=O) groups is 1. The Balaban J connectivity index is 1.93. The summed E-state index contributed by atoms with van der Waals surface area (Å²) in [4.78, 5) is 24.5. The van der Waals surface area contributed by atoms with E-state index in [9.17, 15) is 13.2 Å². The first-order chi connectivity index (χ1) is 12.4. The molecule has 6 nitrogen and oxygen atoms in total. The van der Waals surface area contributed by atoms with Gasteiger partial charge in [0.15, 0.2) is 15.0 Å². The average molecular weight is 476 g/mol. The summed E-state index contributed by atoms with van der Waals surface area (Å²) in [6.45, 7) is 2.37. The second-order valence-electron chi connectivity index (χ2n) is 5.85. The smallest absolute Gasteiger partial charge is 0.274 e. The first kappa shape index (κ1) is 19.8. The van der Waals surface area contributed by atoms with Crippen molar-refractivity contribution in [2.75, 3.05) is 17.3 Å². The summed E-state index contributed by atoms with van der Waals surface area (Å²) in [5, 5.41) is 2.48. The van der Waals surface area contributed by atoms with Crippen molar-refractivity contribution in [1.82, 2.24) is 14.9 Å². The molecule has 2 aromatic heterocycles. The molecule has 1 aliphatic heterocycles. The van der Waals surface area contributed by atoms with Gasteiger partial charge in [-0.2, -0.15) is 0 Å². The predicted molar refractivity (Wildman–Crippen MR) is 107 cm³/mol. The molecule has 0 radical (unpaired) electrons. The molecule has 1 atom stereocenters. The van der Waals surface area contributed by atoms with Gasteiger partial charge < -0.3 is 4.90 Å². The van der Waals surface area contributed by atoms with Gasteiger partial charge in [-0.1, -0.05) is 24.8 Å². The lowest BCUT2D eigenvalue weighted by Crippen LogP contribution is -2.41. The zero-order valence-corrected chi connectivity index (χ0v) is 18.1. The monoisotopic (exact) mass is 475 g/mol. The Morgan fingerprint density at radius 1 is 1.50 bits per heavy atom. The van der Waals surface area contributed by atoms with Crippen molar-refractivity contribution >= 4 is 54.8 Å². The highest BCUT2D eigenvalue weighted by molar-refractivity contribution is 9.10. The number of rotatable bonds is 6. The van der Waals surface area contributed by atoms with Gasteiger partial charge in [0, 0.05) is 17.1 Å². The SMILES string of the molecule is CCSc1ncc(Br)c(C(=O)N(Cc2cccs2)[C@H]2CCS(=O)(=O)C2)n1. The Labute approximate surface area is 169 Å². The number of halogens is 1. The van der Waals surface area contributed by atoms with E-state index in [1.807, 2.05) is 24.4 Å². The van der Waals surface area contributed by atoms with Gasteiger partial charge in [-0.3, -0.25) is 4.79 Å². The Bertz CT molecular complexity index is 887. The van der Waals surface area contributed by atoms with E-state index in [0.29, 0.717) is 22.6 Å². The van der Waals surface area contributed by atoms with Gasteiger partial charge in [0.05, 0.1) is 22.5 Å². The number of hydrogen-bond donors (Lipinski definition) is 0. The highest BCUT2D eigenvalue weighted by Crippen LogP contribution is 2.26. The first-order valence-corrected chi connectivity index (χ1v) is 12.6. The van der Waals surface area contributed by atoms with Gasteiger partial charge >= 0.3 is 0 Å². The molecule has 1 saturated heterocycles. The maximum atomic E-state index is 13.3. The second kappa shape index (κ2) is 8.37. The number of amides is 1. The van der Waals surface area contributed by atoms with Crippen LogP contribution in [0.25, 0.3) is 0 Å². The molecule has 0 aromatic carbocycles. The van der Waals surface area contributed by atoms with Gasteiger partial charge in [-0.15, -0.1) is 11.3 Å². The molecule has 26 heavy (non-hydrogen) atoms. The fourth-order valence-electron chi connectivity index (χ4n) is 2.79. The molecule has 0 spiro atoms. The van der Waals surface area contributed by atoms with Crippen molar-refractivity contribution in [3.63, 3.8) is 0 Å². The van der Waals surface area contributed by atoms with Crippen LogP contribution in [0, 0.1) is 0 Å². The van der Waals surface area contributed by atoms with Gasteiger partial charge in [0.25, 0.3) is 5.91 Å². The highest BCUT2D eigenvalue weighted by atomic mass is 79.9. The van der Waals surface area contributed by atoms with Crippen LogP contribution in [0.5, 0.6) is 0 Å². The van der Waals surface area contributed by atoms with Crippen LogP contribution >= 0.6 is 39.0 Å². The molecule has 140 valence electrons. The first-order valence-electron chi connectivity index (χ1n) is 8.08. The molecule has 3 heterocycles. The number of sulfone groups is 1. The second-order valence-corrected chi connectivity index (χ2v) is 11.2. The van der Waals surface area contributed by atoms with E-state index in [1.54, 1.807) is 22.4 Å². The molecule has 0 N–H and O–H groups in total. The number of hydrogen-bond acceptors (Lipinski definition) is 7. The highest BCUT2D eigenvalue weighted by Gasteiger charge is 2.36. The van der Waals surface area contributed by atoms with E-state index >= 15 is 0 Å². The van der Waals surface area contributed by atoms with Gasteiger partial charge in [0.1, 0.15) is 5.69 Å². The van der Waals surface area contributed by atoms with Crippen molar-refractivity contribution in [2.45, 2.75) is 31.1 Å².